The number of anilines is 1. The van der Waals surface area contributed by atoms with E-state index >= 15 is 0 Å². The van der Waals surface area contributed by atoms with Gasteiger partial charge in [0.2, 0.25) is 0 Å². The normalized spacial score (nSPS) is 9.76. The van der Waals surface area contributed by atoms with Gasteiger partial charge < -0.3 is 10.1 Å². The molecule has 0 bridgehead atoms. The summed E-state index contributed by atoms with van der Waals surface area (Å²) in [5.41, 5.74) is -0.862. The zero-order chi connectivity index (χ0) is 13.0. The highest BCUT2D eigenvalue weighted by Gasteiger charge is 2.26. The van der Waals surface area contributed by atoms with Crippen LogP contribution in [-0.2, 0) is 0 Å². The molecule has 0 spiro atoms. The van der Waals surface area contributed by atoms with E-state index in [1.165, 1.54) is 7.11 Å². The predicted molar refractivity (Wildman–Crippen MR) is 60.5 cm³/mol. The van der Waals surface area contributed by atoms with Crippen molar-refractivity contribution in [2.45, 2.75) is 6.92 Å². The molecule has 1 rings (SSSR count). The minimum absolute atomic E-state index is 0.0741. The third-order valence-electron chi connectivity index (χ3n) is 2.05. The Morgan fingerprint density at radius 2 is 1.71 bits per heavy atom. The largest absolute Gasteiger partial charge is 0.496 e. The molecule has 92 valence electrons. The topological polar surface area (TPSA) is 108 Å². The molecule has 17 heavy (non-hydrogen) atoms. The van der Waals surface area contributed by atoms with Crippen molar-refractivity contribution >= 4 is 17.1 Å². The molecule has 1 aromatic rings. The molecule has 0 amide bonds. The fourth-order valence-corrected chi connectivity index (χ4v) is 1.35. The lowest BCUT2D eigenvalue weighted by Crippen LogP contribution is -2.05. The molecule has 0 saturated carbocycles. The van der Waals surface area contributed by atoms with Crippen molar-refractivity contribution in [1.29, 1.82) is 0 Å². The number of nitro benzene ring substituents is 2. The quantitative estimate of drug-likeness (QED) is 0.623. The first kappa shape index (κ1) is 12.7. The average molecular weight is 241 g/mol. The third kappa shape index (κ3) is 2.60. The van der Waals surface area contributed by atoms with Crippen LogP contribution in [0.1, 0.15) is 6.92 Å². The first-order chi connectivity index (χ1) is 8.01. The minimum Gasteiger partial charge on any atom is -0.496 e. The fraction of sp³-hybridized carbons (Fsp3) is 0.333. The number of rotatable bonds is 5. The molecule has 0 unspecified atom stereocenters. The summed E-state index contributed by atoms with van der Waals surface area (Å²) in [6, 6.07) is 2.29. The Morgan fingerprint density at radius 1 is 1.24 bits per heavy atom. The van der Waals surface area contributed by atoms with Crippen molar-refractivity contribution in [2.75, 3.05) is 19.0 Å². The van der Waals surface area contributed by atoms with E-state index < -0.39 is 9.85 Å². The number of benzene rings is 1. The predicted octanol–water partition coefficient (Wildman–Crippen LogP) is 1.94. The second-order valence-electron chi connectivity index (χ2n) is 3.09. The Morgan fingerprint density at radius 3 is 2.00 bits per heavy atom. The number of nitro groups is 2. The summed E-state index contributed by atoms with van der Waals surface area (Å²) in [5, 5.41) is 24.3. The number of nitrogens with one attached hydrogen (secondary N) is 1. The van der Waals surface area contributed by atoms with Gasteiger partial charge in [-0.05, 0) is 6.92 Å². The summed E-state index contributed by atoms with van der Waals surface area (Å²) in [6.45, 7) is 2.03. The molecule has 0 heterocycles. The van der Waals surface area contributed by atoms with Crippen molar-refractivity contribution in [3.05, 3.63) is 32.4 Å². The molecular weight excluding hydrogens is 230 g/mol. The van der Waals surface area contributed by atoms with Gasteiger partial charge in [0.25, 0.3) is 0 Å². The van der Waals surface area contributed by atoms with Crippen LogP contribution in [0.15, 0.2) is 12.1 Å². The summed E-state index contributed by atoms with van der Waals surface area (Å²) < 4.78 is 4.79. The summed E-state index contributed by atoms with van der Waals surface area (Å²) in [7, 11) is 1.29. The van der Waals surface area contributed by atoms with E-state index in [1.54, 1.807) is 6.92 Å². The van der Waals surface area contributed by atoms with Gasteiger partial charge in [-0.25, -0.2) is 0 Å². The van der Waals surface area contributed by atoms with E-state index in [0.29, 0.717) is 6.54 Å². The first-order valence-corrected chi connectivity index (χ1v) is 4.76. The third-order valence-corrected chi connectivity index (χ3v) is 2.05. The molecule has 0 atom stereocenters. The van der Waals surface area contributed by atoms with E-state index in [1.807, 2.05) is 0 Å². The maximum Gasteiger partial charge on any atom is 0.303 e. The number of nitrogens with zero attached hydrogens (tertiary/aromatic N) is 2. The molecule has 1 aromatic carbocycles. The van der Waals surface area contributed by atoms with Crippen molar-refractivity contribution in [2.24, 2.45) is 0 Å². The van der Waals surface area contributed by atoms with Gasteiger partial charge in [0.05, 0.1) is 29.1 Å². The van der Waals surface area contributed by atoms with Gasteiger partial charge in [0.15, 0.2) is 5.69 Å². The summed E-state index contributed by atoms with van der Waals surface area (Å²) in [4.78, 5) is 20.3. The van der Waals surface area contributed by atoms with Gasteiger partial charge >= 0.3 is 11.4 Å². The summed E-state index contributed by atoms with van der Waals surface area (Å²) >= 11 is 0. The highest BCUT2D eigenvalue weighted by atomic mass is 16.6. The second-order valence-corrected chi connectivity index (χ2v) is 3.09. The number of hydrogen-bond acceptors (Lipinski definition) is 6. The highest BCUT2D eigenvalue weighted by molar-refractivity contribution is 5.75. The first-order valence-electron chi connectivity index (χ1n) is 4.76. The molecule has 0 radical (unpaired) electrons. The molecule has 0 saturated heterocycles. The maximum absolute atomic E-state index is 10.8. The lowest BCUT2D eigenvalue weighted by Gasteiger charge is -2.07. The van der Waals surface area contributed by atoms with Crippen LogP contribution in [0.3, 0.4) is 0 Å². The van der Waals surface area contributed by atoms with Gasteiger partial charge in [-0.1, -0.05) is 0 Å². The summed E-state index contributed by atoms with van der Waals surface area (Å²) in [5.74, 6) is 0.0741. The highest BCUT2D eigenvalue weighted by Crippen LogP contribution is 2.38. The van der Waals surface area contributed by atoms with E-state index in [9.17, 15) is 20.2 Å². The Bertz CT molecular complexity index is 425. The Balaban J connectivity index is 3.49. The second kappa shape index (κ2) is 5.10. The SMILES string of the molecule is CCNc1c([N+](=O)[O-])cc(OC)cc1[N+](=O)[O-]. The molecule has 8 nitrogen and oxygen atoms in total. The Labute approximate surface area is 96.5 Å². The molecular formula is C9H11N3O5. The van der Waals surface area contributed by atoms with Crippen molar-refractivity contribution < 1.29 is 14.6 Å². The smallest absolute Gasteiger partial charge is 0.303 e. The number of ether oxygens (including phenoxy) is 1. The number of hydrogen-bond donors (Lipinski definition) is 1. The van der Waals surface area contributed by atoms with E-state index in [0.717, 1.165) is 12.1 Å². The molecule has 0 aliphatic rings. The number of methoxy groups -OCH3 is 1. The minimum atomic E-state index is -0.687. The average Bonchev–Trinajstić information content (AvgIpc) is 2.28. The van der Waals surface area contributed by atoms with Gasteiger partial charge in [-0.2, -0.15) is 0 Å². The van der Waals surface area contributed by atoms with Gasteiger partial charge in [0, 0.05) is 6.54 Å². The lowest BCUT2D eigenvalue weighted by molar-refractivity contribution is -0.392. The van der Waals surface area contributed by atoms with E-state index in [2.05, 4.69) is 5.32 Å². The Hall–Kier alpha value is -2.38. The van der Waals surface area contributed by atoms with Crippen LogP contribution >= 0.6 is 0 Å². The fourth-order valence-electron chi connectivity index (χ4n) is 1.35. The van der Waals surface area contributed by atoms with Crippen LogP contribution in [-0.4, -0.2) is 23.5 Å². The monoisotopic (exact) mass is 241 g/mol. The van der Waals surface area contributed by atoms with E-state index in [-0.39, 0.29) is 22.8 Å². The van der Waals surface area contributed by atoms with Crippen LogP contribution in [0.2, 0.25) is 0 Å². The Kier molecular flexibility index (Phi) is 3.81. The van der Waals surface area contributed by atoms with Crippen LogP contribution in [0.4, 0.5) is 17.1 Å². The maximum atomic E-state index is 10.8. The standard InChI is InChI=1S/C9H11N3O5/c1-3-10-9-7(11(13)14)4-6(17-2)5-8(9)12(15)16/h4-5,10H,3H2,1-2H3. The van der Waals surface area contributed by atoms with Gasteiger partial charge in [-0.15, -0.1) is 0 Å². The zero-order valence-electron chi connectivity index (χ0n) is 9.30. The van der Waals surface area contributed by atoms with Crippen LogP contribution in [0.25, 0.3) is 0 Å². The van der Waals surface area contributed by atoms with Crippen LogP contribution < -0.4 is 10.1 Å². The van der Waals surface area contributed by atoms with Crippen molar-refractivity contribution in [3.8, 4) is 5.75 Å². The van der Waals surface area contributed by atoms with Crippen LogP contribution in [0, 0.1) is 20.2 Å². The van der Waals surface area contributed by atoms with Crippen LogP contribution in [0.5, 0.6) is 5.75 Å². The molecule has 0 aromatic heterocycles. The molecule has 0 aliphatic carbocycles. The molecule has 0 fully saturated rings. The summed E-state index contributed by atoms with van der Waals surface area (Å²) in [6.07, 6.45) is 0. The lowest BCUT2D eigenvalue weighted by atomic mass is 10.2. The van der Waals surface area contributed by atoms with E-state index in [4.69, 9.17) is 4.74 Å². The van der Waals surface area contributed by atoms with Gasteiger partial charge in [0.1, 0.15) is 5.75 Å². The van der Waals surface area contributed by atoms with Gasteiger partial charge in [-0.3, -0.25) is 20.2 Å². The molecule has 8 heteroatoms. The van der Waals surface area contributed by atoms with Crippen molar-refractivity contribution in [3.63, 3.8) is 0 Å². The molecule has 1 N–H and O–H groups in total. The zero-order valence-corrected chi connectivity index (χ0v) is 9.30. The molecule has 0 aliphatic heterocycles. The van der Waals surface area contributed by atoms with Crippen molar-refractivity contribution in [1.82, 2.24) is 0 Å².